The highest BCUT2D eigenvalue weighted by atomic mass is 35.5. The van der Waals surface area contributed by atoms with E-state index in [1.54, 1.807) is 0 Å². The van der Waals surface area contributed by atoms with E-state index >= 15 is 0 Å². The highest BCUT2D eigenvalue weighted by Crippen LogP contribution is 2.20. The fourth-order valence-electron chi connectivity index (χ4n) is 0.708. The third-order valence-corrected chi connectivity index (χ3v) is 1.88. The number of hydrogen-bond acceptors (Lipinski definition) is 2. The molecule has 52 valence electrons. The molecule has 1 aliphatic heterocycles. The second-order valence-electron chi connectivity index (χ2n) is 1.92. The first kappa shape index (κ1) is 7.16. The van der Waals surface area contributed by atoms with Crippen LogP contribution in [0.2, 0.25) is 0 Å². The van der Waals surface area contributed by atoms with E-state index in [-0.39, 0.29) is 12.1 Å². The van der Waals surface area contributed by atoms with Crippen molar-refractivity contribution in [3.05, 3.63) is 0 Å². The van der Waals surface area contributed by atoms with Gasteiger partial charge in [-0.25, -0.2) is 0 Å². The lowest BCUT2D eigenvalue weighted by atomic mass is 10.3. The number of halogens is 2. The molecule has 0 spiro atoms. The Hall–Kier alpha value is 0.0500. The van der Waals surface area contributed by atoms with Gasteiger partial charge in [0.05, 0.1) is 5.88 Å². The monoisotopic (exact) mass is 168 g/mol. The Morgan fingerprint density at radius 3 is 2.67 bits per heavy atom. The molecule has 2 nitrogen and oxygen atoms in total. The molecule has 0 amide bonds. The minimum Gasteiger partial charge on any atom is -0.460 e. The summed E-state index contributed by atoms with van der Waals surface area (Å²) >= 11 is 10.9. The lowest BCUT2D eigenvalue weighted by molar-refractivity contribution is -0.140. The number of hydrogen-bond donors (Lipinski definition) is 0. The number of ether oxygens (including phenoxy) is 1. The smallest absolute Gasteiger partial charge is 0.324 e. The minimum absolute atomic E-state index is 0.165. The highest BCUT2D eigenvalue weighted by molar-refractivity contribution is 6.30. The minimum atomic E-state index is -0.478. The van der Waals surface area contributed by atoms with Crippen molar-refractivity contribution < 1.29 is 9.53 Å². The second kappa shape index (κ2) is 2.76. The maximum absolute atomic E-state index is 10.5. The van der Waals surface area contributed by atoms with Crippen molar-refractivity contribution in [3.8, 4) is 0 Å². The fraction of sp³-hybridized carbons (Fsp3) is 0.800. The average molecular weight is 169 g/mol. The highest BCUT2D eigenvalue weighted by Gasteiger charge is 2.31. The maximum atomic E-state index is 10.5. The van der Waals surface area contributed by atoms with Crippen molar-refractivity contribution >= 4 is 29.2 Å². The van der Waals surface area contributed by atoms with E-state index in [0.29, 0.717) is 12.3 Å². The third-order valence-electron chi connectivity index (χ3n) is 1.18. The lowest BCUT2D eigenvalue weighted by Crippen LogP contribution is -2.07. The van der Waals surface area contributed by atoms with Crippen molar-refractivity contribution in [1.82, 2.24) is 0 Å². The van der Waals surface area contributed by atoms with Gasteiger partial charge in [0.15, 0.2) is 0 Å². The number of esters is 1. The van der Waals surface area contributed by atoms with Crippen molar-refractivity contribution in [2.45, 2.75) is 17.9 Å². The van der Waals surface area contributed by atoms with Gasteiger partial charge in [0, 0.05) is 6.42 Å². The number of cyclic esters (lactones) is 1. The third kappa shape index (κ3) is 1.49. The van der Waals surface area contributed by atoms with E-state index in [1.165, 1.54) is 0 Å². The van der Waals surface area contributed by atoms with Gasteiger partial charge in [0.25, 0.3) is 0 Å². The molecule has 0 radical (unpaired) electrons. The summed E-state index contributed by atoms with van der Waals surface area (Å²) in [6, 6.07) is 0. The zero-order chi connectivity index (χ0) is 6.85. The summed E-state index contributed by atoms with van der Waals surface area (Å²) in [4.78, 5) is 10.5. The maximum Gasteiger partial charge on any atom is 0.324 e. The summed E-state index contributed by atoms with van der Waals surface area (Å²) in [5, 5.41) is -0.478. The van der Waals surface area contributed by atoms with Gasteiger partial charge in [0.2, 0.25) is 0 Å². The Bertz CT molecular complexity index is 126. The normalized spacial score (nSPS) is 34.7. The molecular weight excluding hydrogens is 163 g/mol. The molecule has 0 aromatic carbocycles. The Morgan fingerprint density at radius 2 is 2.44 bits per heavy atom. The second-order valence-corrected chi connectivity index (χ2v) is 2.75. The van der Waals surface area contributed by atoms with Crippen LogP contribution in [0.5, 0.6) is 0 Å². The van der Waals surface area contributed by atoms with E-state index < -0.39 is 5.38 Å². The quantitative estimate of drug-likeness (QED) is 0.434. The van der Waals surface area contributed by atoms with Gasteiger partial charge in [-0.15, -0.1) is 23.2 Å². The van der Waals surface area contributed by atoms with Crippen molar-refractivity contribution in [2.24, 2.45) is 0 Å². The molecule has 2 atom stereocenters. The van der Waals surface area contributed by atoms with Crippen LogP contribution in [0.25, 0.3) is 0 Å². The van der Waals surface area contributed by atoms with Crippen LogP contribution in [0.15, 0.2) is 0 Å². The van der Waals surface area contributed by atoms with E-state index in [9.17, 15) is 4.79 Å². The SMILES string of the molecule is O=C1O[C@@H](CCl)C[C@@H]1Cl. The van der Waals surface area contributed by atoms with Gasteiger partial charge in [-0.05, 0) is 0 Å². The molecule has 1 rings (SSSR count). The molecule has 0 bridgehead atoms. The van der Waals surface area contributed by atoms with Gasteiger partial charge in [-0.1, -0.05) is 0 Å². The van der Waals surface area contributed by atoms with Crippen molar-refractivity contribution in [1.29, 1.82) is 0 Å². The van der Waals surface area contributed by atoms with Gasteiger partial charge < -0.3 is 4.74 Å². The molecule has 0 unspecified atom stereocenters. The van der Waals surface area contributed by atoms with Crippen LogP contribution < -0.4 is 0 Å². The van der Waals surface area contributed by atoms with Crippen LogP contribution >= 0.6 is 23.2 Å². The molecule has 0 aromatic heterocycles. The molecule has 9 heavy (non-hydrogen) atoms. The molecule has 1 saturated heterocycles. The largest absolute Gasteiger partial charge is 0.460 e. The summed E-state index contributed by atoms with van der Waals surface area (Å²) in [6.45, 7) is 0. The predicted octanol–water partition coefficient (Wildman–Crippen LogP) is 1.15. The molecular formula is C5H6Cl2O2. The number of alkyl halides is 2. The van der Waals surface area contributed by atoms with Crippen LogP contribution in [0.3, 0.4) is 0 Å². The van der Waals surface area contributed by atoms with Crippen LogP contribution in [0, 0.1) is 0 Å². The van der Waals surface area contributed by atoms with Crippen molar-refractivity contribution in [3.63, 3.8) is 0 Å². The summed E-state index contributed by atoms with van der Waals surface area (Å²) in [6.07, 6.45) is 0.380. The number of carbonyl (C=O) groups is 1. The van der Waals surface area contributed by atoms with Gasteiger partial charge in [-0.2, -0.15) is 0 Å². The number of carbonyl (C=O) groups excluding carboxylic acids is 1. The summed E-state index contributed by atoms with van der Waals surface area (Å²) < 4.78 is 4.72. The number of rotatable bonds is 1. The van der Waals surface area contributed by atoms with E-state index in [0.717, 1.165) is 0 Å². The Morgan fingerprint density at radius 1 is 1.78 bits per heavy atom. The fourth-order valence-corrected chi connectivity index (χ4v) is 1.15. The zero-order valence-electron chi connectivity index (χ0n) is 4.64. The average Bonchev–Trinajstić information content (AvgIpc) is 2.13. The van der Waals surface area contributed by atoms with Crippen LogP contribution in [0.4, 0.5) is 0 Å². The van der Waals surface area contributed by atoms with Gasteiger partial charge in [0.1, 0.15) is 11.5 Å². The first-order valence-electron chi connectivity index (χ1n) is 2.64. The molecule has 4 heteroatoms. The summed E-state index contributed by atoms with van der Waals surface area (Å²) in [5.74, 6) is -0.00285. The lowest BCUT2D eigenvalue weighted by Gasteiger charge is -2.00. The first-order chi connectivity index (χ1) is 4.24. The summed E-state index contributed by atoms with van der Waals surface area (Å²) in [7, 11) is 0. The van der Waals surface area contributed by atoms with E-state index in [2.05, 4.69) is 0 Å². The van der Waals surface area contributed by atoms with Gasteiger partial charge in [-0.3, -0.25) is 4.79 Å². The Labute approximate surface area is 63.1 Å². The molecule has 1 fully saturated rings. The molecule has 0 N–H and O–H groups in total. The molecule has 1 heterocycles. The Kier molecular flexibility index (Phi) is 2.19. The van der Waals surface area contributed by atoms with E-state index in [4.69, 9.17) is 27.9 Å². The van der Waals surface area contributed by atoms with Crippen LogP contribution in [-0.2, 0) is 9.53 Å². The van der Waals surface area contributed by atoms with Crippen LogP contribution in [-0.4, -0.2) is 23.3 Å². The molecule has 0 aromatic rings. The summed E-state index contributed by atoms with van der Waals surface area (Å²) in [5.41, 5.74) is 0. The Balaban J connectivity index is 2.44. The topological polar surface area (TPSA) is 26.3 Å². The van der Waals surface area contributed by atoms with Crippen LogP contribution in [0.1, 0.15) is 6.42 Å². The molecule has 0 saturated carbocycles. The molecule has 1 aliphatic rings. The standard InChI is InChI=1S/C5H6Cl2O2/c6-2-3-1-4(7)5(8)9-3/h3-4H,1-2H2/t3-,4+/m1/s1. The first-order valence-corrected chi connectivity index (χ1v) is 3.61. The molecule has 0 aliphatic carbocycles. The van der Waals surface area contributed by atoms with E-state index in [1.807, 2.05) is 0 Å². The predicted molar refractivity (Wildman–Crippen MR) is 34.9 cm³/mol. The van der Waals surface area contributed by atoms with Crippen molar-refractivity contribution in [2.75, 3.05) is 5.88 Å². The zero-order valence-corrected chi connectivity index (χ0v) is 6.15. The van der Waals surface area contributed by atoms with Gasteiger partial charge >= 0.3 is 5.97 Å².